The second-order valence-corrected chi connectivity index (χ2v) is 8.06. The first-order valence-electron chi connectivity index (χ1n) is 10.9. The Morgan fingerprint density at radius 3 is 2.76 bits per heavy atom. The average molecular weight is 447 g/mol. The van der Waals surface area contributed by atoms with Crippen molar-refractivity contribution < 1.29 is 14.3 Å². The summed E-state index contributed by atoms with van der Waals surface area (Å²) >= 11 is 0. The molecule has 0 radical (unpaired) electrons. The second-order valence-electron chi connectivity index (χ2n) is 8.06. The lowest BCUT2D eigenvalue weighted by Crippen LogP contribution is -2.39. The van der Waals surface area contributed by atoms with Crippen molar-refractivity contribution in [1.82, 2.24) is 25.1 Å². The number of nitrogens with one attached hydrogen (secondary N) is 3. The number of rotatable bonds is 7. The zero-order chi connectivity index (χ0) is 22.8. The first-order chi connectivity index (χ1) is 16.2. The molecular weight excluding hydrogens is 420 g/mol. The molecule has 1 fully saturated rings. The normalized spacial score (nSPS) is 16.2. The molecular formula is C24H26N6O3. The summed E-state index contributed by atoms with van der Waals surface area (Å²) in [6.07, 6.45) is 3.50. The molecule has 0 spiro atoms. The van der Waals surface area contributed by atoms with E-state index < -0.39 is 0 Å². The van der Waals surface area contributed by atoms with E-state index in [2.05, 4.69) is 42.5 Å². The van der Waals surface area contributed by atoms with Crippen LogP contribution in [0.1, 0.15) is 18.4 Å². The molecule has 9 heteroatoms. The van der Waals surface area contributed by atoms with Gasteiger partial charge in [0.25, 0.3) is 0 Å². The Kier molecular flexibility index (Phi) is 5.70. The van der Waals surface area contributed by atoms with Crippen molar-refractivity contribution in [3.8, 4) is 23.0 Å². The molecule has 9 nitrogen and oxygen atoms in total. The quantitative estimate of drug-likeness (QED) is 0.401. The molecule has 1 aliphatic rings. The second kappa shape index (κ2) is 8.95. The molecule has 1 amide bonds. The number of hydrogen-bond acceptors (Lipinski definition) is 6. The summed E-state index contributed by atoms with van der Waals surface area (Å²) in [6.45, 7) is 1.66. The number of fused-ring (bicyclic) bond motifs is 1. The van der Waals surface area contributed by atoms with Crippen LogP contribution >= 0.6 is 0 Å². The van der Waals surface area contributed by atoms with Crippen LogP contribution in [0, 0.1) is 0 Å². The SMILES string of the molecule is COc1cc2nc(-c3n[nH]cc3NC(=O)[C@@H]3CCCN3Cc3ccccc3)[nH]c2cc1OC. The first kappa shape index (κ1) is 21.0. The predicted molar refractivity (Wildman–Crippen MR) is 125 cm³/mol. The van der Waals surface area contributed by atoms with Gasteiger partial charge in [0.05, 0.1) is 37.0 Å². The van der Waals surface area contributed by atoms with Gasteiger partial charge in [-0.25, -0.2) is 4.98 Å². The van der Waals surface area contributed by atoms with Crippen molar-refractivity contribution in [1.29, 1.82) is 0 Å². The number of aromatic amines is 2. The number of likely N-dealkylation sites (tertiary alicyclic amines) is 1. The number of anilines is 1. The maximum Gasteiger partial charge on any atom is 0.241 e. The van der Waals surface area contributed by atoms with Crippen LogP contribution in [0.3, 0.4) is 0 Å². The summed E-state index contributed by atoms with van der Waals surface area (Å²) in [7, 11) is 3.18. The number of methoxy groups -OCH3 is 2. The van der Waals surface area contributed by atoms with Crippen LogP contribution in [-0.4, -0.2) is 57.8 Å². The number of nitrogens with zero attached hydrogens (tertiary/aromatic N) is 3. The van der Waals surface area contributed by atoms with Crippen LogP contribution in [-0.2, 0) is 11.3 Å². The number of carbonyl (C=O) groups is 1. The molecule has 0 saturated carbocycles. The van der Waals surface area contributed by atoms with Gasteiger partial charge in [0.15, 0.2) is 23.0 Å². The van der Waals surface area contributed by atoms with Gasteiger partial charge in [-0.05, 0) is 24.9 Å². The van der Waals surface area contributed by atoms with E-state index in [0.29, 0.717) is 34.2 Å². The minimum Gasteiger partial charge on any atom is -0.493 e. The Hall–Kier alpha value is -3.85. The van der Waals surface area contributed by atoms with Gasteiger partial charge >= 0.3 is 0 Å². The van der Waals surface area contributed by atoms with Crippen molar-refractivity contribution >= 4 is 22.6 Å². The number of carbonyl (C=O) groups excluding carboxylic acids is 1. The number of benzene rings is 2. The Labute approximate surface area is 191 Å². The molecule has 5 rings (SSSR count). The zero-order valence-corrected chi connectivity index (χ0v) is 18.6. The Bertz CT molecular complexity index is 1220. The van der Waals surface area contributed by atoms with Crippen molar-refractivity contribution in [3.63, 3.8) is 0 Å². The number of imidazole rings is 1. The predicted octanol–water partition coefficient (Wildman–Crippen LogP) is 3.57. The summed E-state index contributed by atoms with van der Waals surface area (Å²) in [4.78, 5) is 23.3. The number of amides is 1. The smallest absolute Gasteiger partial charge is 0.241 e. The highest BCUT2D eigenvalue weighted by Gasteiger charge is 2.31. The Morgan fingerprint density at radius 2 is 1.97 bits per heavy atom. The topological polar surface area (TPSA) is 108 Å². The van der Waals surface area contributed by atoms with Crippen LogP contribution in [0.25, 0.3) is 22.6 Å². The van der Waals surface area contributed by atoms with Crippen LogP contribution in [0.5, 0.6) is 11.5 Å². The fourth-order valence-electron chi connectivity index (χ4n) is 4.36. The molecule has 1 atom stereocenters. The summed E-state index contributed by atoms with van der Waals surface area (Å²) in [5.74, 6) is 1.71. The van der Waals surface area contributed by atoms with Crippen molar-refractivity contribution in [2.45, 2.75) is 25.4 Å². The maximum absolute atomic E-state index is 13.2. The summed E-state index contributed by atoms with van der Waals surface area (Å²) < 4.78 is 10.7. The fraction of sp³-hybridized carbons (Fsp3) is 0.292. The third-order valence-electron chi connectivity index (χ3n) is 6.00. The highest BCUT2D eigenvalue weighted by Crippen LogP contribution is 2.33. The molecule has 3 heterocycles. The van der Waals surface area contributed by atoms with Crippen molar-refractivity contribution in [3.05, 3.63) is 54.2 Å². The molecule has 0 unspecified atom stereocenters. The molecule has 170 valence electrons. The Balaban J connectivity index is 1.36. The van der Waals surface area contributed by atoms with E-state index in [-0.39, 0.29) is 11.9 Å². The fourth-order valence-corrected chi connectivity index (χ4v) is 4.36. The molecule has 2 aromatic carbocycles. The molecule has 1 aliphatic heterocycles. The van der Waals surface area contributed by atoms with Gasteiger partial charge in [0.1, 0.15) is 0 Å². The van der Waals surface area contributed by atoms with E-state index in [9.17, 15) is 4.79 Å². The third-order valence-corrected chi connectivity index (χ3v) is 6.00. The van der Waals surface area contributed by atoms with E-state index in [1.165, 1.54) is 5.56 Å². The van der Waals surface area contributed by atoms with Gasteiger partial charge in [0.2, 0.25) is 5.91 Å². The molecule has 4 aromatic rings. The average Bonchev–Trinajstić information content (AvgIpc) is 3.57. The third kappa shape index (κ3) is 4.14. The van der Waals surface area contributed by atoms with Gasteiger partial charge < -0.3 is 19.8 Å². The minimum absolute atomic E-state index is 0.0365. The van der Waals surface area contributed by atoms with Crippen LogP contribution in [0.15, 0.2) is 48.7 Å². The lowest BCUT2D eigenvalue weighted by molar-refractivity contribution is -0.120. The van der Waals surface area contributed by atoms with E-state index in [1.807, 2.05) is 24.3 Å². The Morgan fingerprint density at radius 1 is 1.18 bits per heavy atom. The molecule has 1 saturated heterocycles. The van der Waals surface area contributed by atoms with Gasteiger partial charge in [-0.2, -0.15) is 5.10 Å². The zero-order valence-electron chi connectivity index (χ0n) is 18.6. The van der Waals surface area contributed by atoms with Gasteiger partial charge in [-0.3, -0.25) is 14.8 Å². The molecule has 0 bridgehead atoms. The van der Waals surface area contributed by atoms with Crippen LogP contribution in [0.4, 0.5) is 5.69 Å². The van der Waals surface area contributed by atoms with Gasteiger partial charge in [0, 0.05) is 24.9 Å². The monoisotopic (exact) mass is 446 g/mol. The van der Waals surface area contributed by atoms with Gasteiger partial charge in [-0.1, -0.05) is 30.3 Å². The summed E-state index contributed by atoms with van der Waals surface area (Å²) in [5.41, 5.74) is 3.84. The molecule has 2 aromatic heterocycles. The standard InChI is InChI=1S/C24H26N6O3/c1-32-20-11-16-17(12-21(20)33-2)27-23(26-16)22-18(13-25-29-22)28-24(31)19-9-6-10-30(19)14-15-7-4-3-5-8-15/h3-5,7-8,11-13,19H,6,9-10,14H2,1-2H3,(H,25,29)(H,26,27)(H,28,31)/t19-/m0/s1. The summed E-state index contributed by atoms with van der Waals surface area (Å²) in [5, 5.41) is 10.2. The van der Waals surface area contributed by atoms with Crippen molar-refractivity contribution in [2.75, 3.05) is 26.1 Å². The number of hydrogen-bond donors (Lipinski definition) is 3. The molecule has 33 heavy (non-hydrogen) atoms. The van der Waals surface area contributed by atoms with E-state index in [1.54, 1.807) is 26.5 Å². The van der Waals surface area contributed by atoms with E-state index >= 15 is 0 Å². The highest BCUT2D eigenvalue weighted by molar-refractivity contribution is 5.98. The maximum atomic E-state index is 13.2. The highest BCUT2D eigenvalue weighted by atomic mass is 16.5. The van der Waals surface area contributed by atoms with Crippen molar-refractivity contribution in [2.24, 2.45) is 0 Å². The minimum atomic E-state index is -0.183. The van der Waals surface area contributed by atoms with Crippen LogP contribution < -0.4 is 14.8 Å². The van der Waals surface area contributed by atoms with Gasteiger partial charge in [-0.15, -0.1) is 0 Å². The lowest BCUT2D eigenvalue weighted by atomic mass is 10.1. The van der Waals surface area contributed by atoms with E-state index in [0.717, 1.165) is 31.4 Å². The number of aromatic nitrogens is 4. The lowest BCUT2D eigenvalue weighted by Gasteiger charge is -2.23. The summed E-state index contributed by atoms with van der Waals surface area (Å²) in [6, 6.07) is 13.7. The first-order valence-corrected chi connectivity index (χ1v) is 10.9. The number of H-pyrrole nitrogens is 2. The molecule has 3 N–H and O–H groups in total. The van der Waals surface area contributed by atoms with Crippen LogP contribution in [0.2, 0.25) is 0 Å². The molecule has 0 aliphatic carbocycles. The van der Waals surface area contributed by atoms with E-state index in [4.69, 9.17) is 9.47 Å². The largest absolute Gasteiger partial charge is 0.493 e. The number of ether oxygens (including phenoxy) is 2.